The molecule has 0 atom stereocenters. The molecule has 1 N–H and O–H groups in total. The van der Waals surface area contributed by atoms with Crippen LogP contribution in [0.4, 0.5) is 5.82 Å². The van der Waals surface area contributed by atoms with E-state index in [1.165, 1.54) is 6.42 Å². The fourth-order valence-corrected chi connectivity index (χ4v) is 2.42. The minimum Gasteiger partial charge on any atom is -0.369 e. The molecule has 0 aliphatic carbocycles. The molecule has 0 bridgehead atoms. The van der Waals surface area contributed by atoms with E-state index in [4.69, 9.17) is 0 Å². The second-order valence-corrected chi connectivity index (χ2v) is 5.65. The van der Waals surface area contributed by atoms with Gasteiger partial charge in [0.05, 0.1) is 5.52 Å². The summed E-state index contributed by atoms with van der Waals surface area (Å²) in [6.07, 6.45) is 3.93. The van der Waals surface area contributed by atoms with Crippen molar-refractivity contribution in [2.45, 2.75) is 12.8 Å². The van der Waals surface area contributed by atoms with Crippen LogP contribution in [0.25, 0.3) is 10.9 Å². The molecule has 0 amide bonds. The SMILES string of the molecule is CN(C)CCCCNc1ncnc2c(Br)cccc12. The average Bonchev–Trinajstić information content (AvgIpc) is 2.39. The van der Waals surface area contributed by atoms with E-state index in [9.17, 15) is 0 Å². The van der Waals surface area contributed by atoms with Crippen molar-refractivity contribution in [3.63, 3.8) is 0 Å². The van der Waals surface area contributed by atoms with E-state index in [1.807, 2.05) is 18.2 Å². The number of benzene rings is 1. The van der Waals surface area contributed by atoms with Crippen LogP contribution in [0.3, 0.4) is 0 Å². The van der Waals surface area contributed by atoms with Crippen LogP contribution in [0.15, 0.2) is 29.0 Å². The lowest BCUT2D eigenvalue weighted by atomic mass is 10.2. The summed E-state index contributed by atoms with van der Waals surface area (Å²) in [6, 6.07) is 6.05. The Morgan fingerprint density at radius 3 is 2.84 bits per heavy atom. The Hall–Kier alpha value is -1.20. The highest BCUT2D eigenvalue weighted by molar-refractivity contribution is 9.10. The van der Waals surface area contributed by atoms with E-state index < -0.39 is 0 Å². The number of para-hydroxylation sites is 1. The predicted octanol–water partition coefficient (Wildman–Crippen LogP) is 3.15. The second-order valence-electron chi connectivity index (χ2n) is 4.80. The standard InChI is InChI=1S/C14H19BrN4/c1-19(2)9-4-3-8-16-14-11-6-5-7-12(15)13(11)17-10-18-14/h5-7,10H,3-4,8-9H2,1-2H3,(H,16,17,18). The summed E-state index contributed by atoms with van der Waals surface area (Å²) in [7, 11) is 4.20. The Bertz CT molecular complexity index is 542. The molecular weight excluding hydrogens is 304 g/mol. The lowest BCUT2D eigenvalue weighted by Crippen LogP contribution is -2.14. The van der Waals surface area contributed by atoms with Gasteiger partial charge in [-0.25, -0.2) is 9.97 Å². The number of fused-ring (bicyclic) bond motifs is 1. The largest absolute Gasteiger partial charge is 0.369 e. The minimum atomic E-state index is 0.913. The summed E-state index contributed by atoms with van der Waals surface area (Å²) >= 11 is 3.52. The second kappa shape index (κ2) is 6.82. The smallest absolute Gasteiger partial charge is 0.137 e. The van der Waals surface area contributed by atoms with Crippen LogP contribution in [0.5, 0.6) is 0 Å². The number of hydrogen-bond donors (Lipinski definition) is 1. The zero-order valence-electron chi connectivity index (χ0n) is 11.4. The summed E-state index contributed by atoms with van der Waals surface area (Å²) in [5.74, 6) is 0.913. The molecule has 0 aliphatic rings. The summed E-state index contributed by atoms with van der Waals surface area (Å²) in [5, 5.41) is 4.46. The Morgan fingerprint density at radius 2 is 2.05 bits per heavy atom. The van der Waals surface area contributed by atoms with Gasteiger partial charge in [0.2, 0.25) is 0 Å². The van der Waals surface area contributed by atoms with Crippen LogP contribution in [0.1, 0.15) is 12.8 Å². The number of nitrogens with zero attached hydrogens (tertiary/aromatic N) is 3. The monoisotopic (exact) mass is 322 g/mol. The lowest BCUT2D eigenvalue weighted by molar-refractivity contribution is 0.396. The highest BCUT2D eigenvalue weighted by Crippen LogP contribution is 2.25. The molecule has 0 saturated heterocycles. The molecule has 2 rings (SSSR count). The first-order valence-electron chi connectivity index (χ1n) is 6.46. The van der Waals surface area contributed by atoms with Crippen molar-refractivity contribution in [1.29, 1.82) is 0 Å². The zero-order chi connectivity index (χ0) is 13.7. The third kappa shape index (κ3) is 3.88. The van der Waals surface area contributed by atoms with Gasteiger partial charge < -0.3 is 10.2 Å². The van der Waals surface area contributed by atoms with Gasteiger partial charge in [0.1, 0.15) is 12.1 Å². The molecule has 0 saturated carbocycles. The van der Waals surface area contributed by atoms with Gasteiger partial charge in [-0.3, -0.25) is 0 Å². The maximum Gasteiger partial charge on any atom is 0.137 e. The quantitative estimate of drug-likeness (QED) is 0.829. The molecule has 5 heteroatoms. The third-order valence-electron chi connectivity index (χ3n) is 2.94. The molecule has 0 radical (unpaired) electrons. The van der Waals surface area contributed by atoms with Gasteiger partial charge in [-0.2, -0.15) is 0 Å². The van der Waals surface area contributed by atoms with E-state index in [2.05, 4.69) is 50.2 Å². The Labute approximate surface area is 122 Å². The van der Waals surface area contributed by atoms with Gasteiger partial charge in [-0.1, -0.05) is 6.07 Å². The summed E-state index contributed by atoms with van der Waals surface area (Å²) < 4.78 is 1.00. The van der Waals surface area contributed by atoms with Gasteiger partial charge >= 0.3 is 0 Å². The fraction of sp³-hybridized carbons (Fsp3) is 0.429. The van der Waals surface area contributed by atoms with Crippen LogP contribution in [-0.4, -0.2) is 42.1 Å². The lowest BCUT2D eigenvalue weighted by Gasteiger charge is -2.11. The van der Waals surface area contributed by atoms with Crippen molar-refractivity contribution in [2.75, 3.05) is 32.5 Å². The normalized spacial score (nSPS) is 11.2. The highest BCUT2D eigenvalue weighted by Gasteiger charge is 2.05. The van der Waals surface area contributed by atoms with Crippen LogP contribution >= 0.6 is 15.9 Å². The van der Waals surface area contributed by atoms with Gasteiger partial charge in [0.15, 0.2) is 0 Å². The first-order valence-corrected chi connectivity index (χ1v) is 7.25. The van der Waals surface area contributed by atoms with Gasteiger partial charge in [-0.05, 0) is 61.5 Å². The van der Waals surface area contributed by atoms with Crippen molar-refractivity contribution in [3.8, 4) is 0 Å². The van der Waals surface area contributed by atoms with Crippen molar-refractivity contribution in [3.05, 3.63) is 29.0 Å². The van der Waals surface area contributed by atoms with E-state index in [-0.39, 0.29) is 0 Å². The summed E-state index contributed by atoms with van der Waals surface area (Å²) in [5.41, 5.74) is 0.952. The van der Waals surface area contributed by atoms with Gasteiger partial charge in [0, 0.05) is 16.4 Å². The van der Waals surface area contributed by atoms with Crippen LogP contribution < -0.4 is 5.32 Å². The number of anilines is 1. The van der Waals surface area contributed by atoms with E-state index >= 15 is 0 Å². The molecule has 1 heterocycles. The van der Waals surface area contributed by atoms with Crippen molar-refractivity contribution in [1.82, 2.24) is 14.9 Å². The third-order valence-corrected chi connectivity index (χ3v) is 3.58. The first-order chi connectivity index (χ1) is 9.18. The van der Waals surface area contributed by atoms with Crippen LogP contribution in [-0.2, 0) is 0 Å². The molecular formula is C14H19BrN4. The maximum atomic E-state index is 4.33. The highest BCUT2D eigenvalue weighted by atomic mass is 79.9. The van der Waals surface area contributed by atoms with Crippen LogP contribution in [0, 0.1) is 0 Å². The van der Waals surface area contributed by atoms with Crippen molar-refractivity contribution in [2.24, 2.45) is 0 Å². The van der Waals surface area contributed by atoms with Gasteiger partial charge in [0.25, 0.3) is 0 Å². The van der Waals surface area contributed by atoms with Crippen molar-refractivity contribution < 1.29 is 0 Å². The summed E-state index contributed by atoms with van der Waals surface area (Å²) in [6.45, 7) is 2.06. The molecule has 102 valence electrons. The molecule has 4 nitrogen and oxygen atoms in total. The minimum absolute atomic E-state index is 0.913. The summed E-state index contributed by atoms with van der Waals surface area (Å²) in [4.78, 5) is 10.8. The molecule has 0 aliphatic heterocycles. The Balaban J connectivity index is 1.99. The molecule has 1 aromatic heterocycles. The molecule has 2 aromatic rings. The first kappa shape index (κ1) is 14.2. The number of aromatic nitrogens is 2. The Kier molecular flexibility index (Phi) is 5.10. The number of halogens is 1. The maximum absolute atomic E-state index is 4.33. The van der Waals surface area contributed by atoms with E-state index in [0.29, 0.717) is 0 Å². The number of unbranched alkanes of at least 4 members (excludes halogenated alkanes) is 1. The van der Waals surface area contributed by atoms with E-state index in [0.717, 1.165) is 40.7 Å². The Morgan fingerprint density at radius 1 is 1.21 bits per heavy atom. The van der Waals surface area contributed by atoms with Crippen molar-refractivity contribution >= 4 is 32.7 Å². The number of hydrogen-bond acceptors (Lipinski definition) is 4. The topological polar surface area (TPSA) is 41.0 Å². The van der Waals surface area contributed by atoms with Gasteiger partial charge in [-0.15, -0.1) is 0 Å². The molecule has 19 heavy (non-hydrogen) atoms. The van der Waals surface area contributed by atoms with E-state index in [1.54, 1.807) is 6.33 Å². The number of nitrogens with one attached hydrogen (secondary N) is 1. The molecule has 1 aromatic carbocycles. The zero-order valence-corrected chi connectivity index (χ0v) is 12.9. The fourth-order valence-electron chi connectivity index (χ4n) is 1.95. The molecule has 0 unspecified atom stereocenters. The molecule has 0 fully saturated rings. The van der Waals surface area contributed by atoms with Crippen LogP contribution in [0.2, 0.25) is 0 Å². The number of rotatable bonds is 6. The molecule has 0 spiro atoms. The average molecular weight is 323 g/mol. The predicted molar refractivity (Wildman–Crippen MR) is 83.5 cm³/mol.